The van der Waals surface area contributed by atoms with Gasteiger partial charge in [0.15, 0.2) is 12.6 Å². The van der Waals surface area contributed by atoms with Crippen LogP contribution in [0, 0.1) is 11.6 Å². The number of aliphatic hydroxyl groups is 1. The third-order valence-corrected chi connectivity index (χ3v) is 10.0. The van der Waals surface area contributed by atoms with Crippen molar-refractivity contribution in [2.75, 3.05) is 51.6 Å². The molecule has 2 aromatic carbocycles. The minimum atomic E-state index is -0.965. The molecule has 48 heavy (non-hydrogen) atoms. The lowest BCUT2D eigenvalue weighted by Gasteiger charge is -2.38. The van der Waals surface area contributed by atoms with Crippen molar-refractivity contribution in [1.29, 1.82) is 0 Å². The Morgan fingerprint density at radius 2 is 1.92 bits per heavy atom. The molecule has 3 aliphatic rings. The Morgan fingerprint density at radius 1 is 1.08 bits per heavy atom. The molecule has 0 amide bonds. The topological polar surface area (TPSA) is 93.1 Å². The van der Waals surface area contributed by atoms with Crippen LogP contribution in [0.4, 0.5) is 19.0 Å². The predicted octanol–water partition coefficient (Wildman–Crippen LogP) is 6.49. The number of piperidine rings is 1. The Kier molecular flexibility index (Phi) is 8.67. The molecule has 3 fully saturated rings. The van der Waals surface area contributed by atoms with E-state index in [2.05, 4.69) is 14.9 Å². The van der Waals surface area contributed by atoms with E-state index in [1.54, 1.807) is 25.1 Å². The van der Waals surface area contributed by atoms with Gasteiger partial charge >= 0.3 is 6.01 Å². The van der Waals surface area contributed by atoms with Gasteiger partial charge in [0.2, 0.25) is 0 Å². The van der Waals surface area contributed by atoms with Gasteiger partial charge in [-0.3, -0.25) is 9.88 Å². The van der Waals surface area contributed by atoms with Crippen LogP contribution in [-0.2, 0) is 11.2 Å². The number of aromatic nitrogens is 3. The highest BCUT2D eigenvalue weighted by Gasteiger charge is 2.47. The first-order valence-electron chi connectivity index (χ1n) is 16.5. The molecule has 12 heteroatoms. The first-order valence-corrected chi connectivity index (χ1v) is 16.5. The van der Waals surface area contributed by atoms with Gasteiger partial charge in [0.05, 0.1) is 22.9 Å². The van der Waals surface area contributed by atoms with Gasteiger partial charge in [-0.15, -0.1) is 0 Å². The van der Waals surface area contributed by atoms with Crippen LogP contribution in [0.1, 0.15) is 51.5 Å². The van der Waals surface area contributed by atoms with E-state index in [1.165, 1.54) is 19.4 Å². The van der Waals surface area contributed by atoms with E-state index in [0.29, 0.717) is 84.0 Å². The van der Waals surface area contributed by atoms with Crippen LogP contribution >= 0.6 is 0 Å². The number of hydrogen-bond acceptors (Lipinski definition) is 9. The summed E-state index contributed by atoms with van der Waals surface area (Å²) in [7, 11) is 1.50. The molecule has 1 N–H and O–H groups in total. The van der Waals surface area contributed by atoms with Crippen molar-refractivity contribution in [3.8, 4) is 23.0 Å². The summed E-state index contributed by atoms with van der Waals surface area (Å²) in [5, 5.41) is 12.5. The fourth-order valence-electron chi connectivity index (χ4n) is 7.80. The molecule has 0 saturated carbocycles. The van der Waals surface area contributed by atoms with E-state index >= 15 is 8.78 Å². The lowest BCUT2D eigenvalue weighted by atomic mass is 9.94. The molecule has 3 saturated heterocycles. The lowest BCUT2D eigenvalue weighted by molar-refractivity contribution is 0.0447. The summed E-state index contributed by atoms with van der Waals surface area (Å²) in [6.07, 6.45) is 6.29. The van der Waals surface area contributed by atoms with Crippen molar-refractivity contribution in [3.63, 3.8) is 0 Å². The minimum Gasteiger partial charge on any atom is -0.468 e. The van der Waals surface area contributed by atoms with Crippen LogP contribution in [0.25, 0.3) is 32.9 Å². The first kappa shape index (κ1) is 32.5. The number of hydrogen-bond donors (Lipinski definition) is 1. The molecule has 2 aromatic heterocycles. The Labute approximate surface area is 277 Å². The Hall–Kier alpha value is -4.00. The molecule has 0 bridgehead atoms. The first-order chi connectivity index (χ1) is 23.1. The molecule has 2 atom stereocenters. The maximum atomic E-state index is 17.0. The second-order valence-electron chi connectivity index (χ2n) is 13.5. The third-order valence-electron chi connectivity index (χ3n) is 10.0. The predicted molar refractivity (Wildman–Crippen MR) is 177 cm³/mol. The van der Waals surface area contributed by atoms with Crippen LogP contribution < -0.4 is 14.4 Å². The highest BCUT2D eigenvalue weighted by molar-refractivity contribution is 6.01. The van der Waals surface area contributed by atoms with Gasteiger partial charge < -0.3 is 24.2 Å². The van der Waals surface area contributed by atoms with Crippen molar-refractivity contribution >= 4 is 27.5 Å². The van der Waals surface area contributed by atoms with Crippen molar-refractivity contribution in [2.24, 2.45) is 0 Å². The number of fused-ring (bicyclic) bond motifs is 3. The fraction of sp³-hybridized carbons (Fsp3) is 0.472. The molecule has 3 aliphatic heterocycles. The van der Waals surface area contributed by atoms with Crippen molar-refractivity contribution in [1.82, 2.24) is 19.9 Å². The minimum absolute atomic E-state index is 0.00688. The largest absolute Gasteiger partial charge is 0.468 e. The summed E-state index contributed by atoms with van der Waals surface area (Å²) < 4.78 is 62.9. The van der Waals surface area contributed by atoms with Gasteiger partial charge in [-0.25, -0.2) is 13.2 Å². The Bertz CT molecular complexity index is 1900. The van der Waals surface area contributed by atoms with Crippen molar-refractivity contribution < 1.29 is 32.5 Å². The summed E-state index contributed by atoms with van der Waals surface area (Å²) in [6, 6.07) is 6.43. The van der Waals surface area contributed by atoms with Crippen LogP contribution in [0.2, 0.25) is 0 Å². The molecule has 0 spiro atoms. The normalized spacial score (nSPS) is 23.8. The van der Waals surface area contributed by atoms with Gasteiger partial charge in [-0.1, -0.05) is 13.0 Å². The monoisotopic (exact) mass is 663 g/mol. The number of β-amino-alcohol motifs (C(OH)–C–C–N with tert-alkyl or cyclic N) is 1. The fourth-order valence-corrected chi connectivity index (χ4v) is 7.80. The quantitative estimate of drug-likeness (QED) is 0.202. The second-order valence-corrected chi connectivity index (χ2v) is 13.5. The zero-order valence-electron chi connectivity index (χ0n) is 27.5. The summed E-state index contributed by atoms with van der Waals surface area (Å²) in [4.78, 5) is 18.1. The molecule has 5 heterocycles. The van der Waals surface area contributed by atoms with Gasteiger partial charge in [0, 0.05) is 38.5 Å². The van der Waals surface area contributed by atoms with Crippen LogP contribution in [0.5, 0.6) is 11.8 Å². The highest BCUT2D eigenvalue weighted by Crippen LogP contribution is 2.43. The van der Waals surface area contributed by atoms with Crippen molar-refractivity contribution in [2.45, 2.75) is 63.5 Å². The molecule has 9 nitrogen and oxygen atoms in total. The number of benzene rings is 2. The van der Waals surface area contributed by atoms with E-state index in [0.717, 1.165) is 25.0 Å². The average molecular weight is 664 g/mol. The van der Waals surface area contributed by atoms with Crippen LogP contribution in [-0.4, -0.2) is 82.8 Å². The Balaban J connectivity index is 1.38. The number of methoxy groups -OCH3 is 1. The van der Waals surface area contributed by atoms with E-state index in [1.807, 2.05) is 11.8 Å². The van der Waals surface area contributed by atoms with Gasteiger partial charge in [0.1, 0.15) is 35.2 Å². The van der Waals surface area contributed by atoms with Crippen molar-refractivity contribution in [3.05, 3.63) is 59.6 Å². The molecule has 0 unspecified atom stereocenters. The molecule has 7 rings (SSSR count). The summed E-state index contributed by atoms with van der Waals surface area (Å²) >= 11 is 0. The second kappa shape index (κ2) is 12.8. The number of pyridine rings is 1. The lowest BCUT2D eigenvalue weighted by Crippen LogP contribution is -2.46. The standard InChI is InChI=1S/C36H40F3N5O4/c1-4-25-28(38)8-7-23-13-24(48-21-46-3)14-26(29(23)25)31-30(39)32-27(17-40-31)33(43-11-5-9-35(2,45)19-43)42-34(41-32)47-20-36-10-6-12-44(36)18-22(15-36)16-37/h7-8,13-14,16-17,45H,4-6,9-12,15,18-21H2,1-3H3/b22-16-/t35-,36+/m1/s1. The summed E-state index contributed by atoms with van der Waals surface area (Å²) in [5.41, 5.74) is 0.141. The zero-order valence-corrected chi connectivity index (χ0v) is 27.5. The number of anilines is 1. The molecule has 4 aromatic rings. The number of aryl methyl sites for hydroxylation is 1. The van der Waals surface area contributed by atoms with Gasteiger partial charge in [0.25, 0.3) is 0 Å². The SMILES string of the molecule is CCc1c(F)ccc2cc(OCOC)cc(-c3ncc4c(N5CCC[C@@](C)(O)C5)nc(OC[C@@]56CCCN5C/C(=C\F)C6)nc4c3F)c12. The molecular formula is C36H40F3N5O4. The molecular weight excluding hydrogens is 623 g/mol. The van der Waals surface area contributed by atoms with Crippen LogP contribution in [0.3, 0.4) is 0 Å². The zero-order chi connectivity index (χ0) is 33.6. The number of nitrogens with zero attached hydrogens (tertiary/aromatic N) is 5. The maximum absolute atomic E-state index is 17.0. The number of rotatable bonds is 9. The smallest absolute Gasteiger partial charge is 0.319 e. The van der Waals surface area contributed by atoms with E-state index in [-0.39, 0.29) is 42.7 Å². The van der Waals surface area contributed by atoms with E-state index in [4.69, 9.17) is 19.2 Å². The summed E-state index contributed by atoms with van der Waals surface area (Å²) in [6.45, 7) is 6.09. The summed E-state index contributed by atoms with van der Waals surface area (Å²) in [5.74, 6) is -0.290. The average Bonchev–Trinajstić information content (AvgIpc) is 3.63. The van der Waals surface area contributed by atoms with Gasteiger partial charge in [-0.05, 0) is 92.1 Å². The van der Waals surface area contributed by atoms with Crippen LogP contribution in [0.15, 0.2) is 42.4 Å². The Morgan fingerprint density at radius 3 is 2.69 bits per heavy atom. The third kappa shape index (κ3) is 5.83. The molecule has 0 aliphatic carbocycles. The van der Waals surface area contributed by atoms with E-state index in [9.17, 15) is 9.50 Å². The molecule has 0 radical (unpaired) electrons. The number of ether oxygens (including phenoxy) is 3. The number of halogens is 3. The molecule has 254 valence electrons. The maximum Gasteiger partial charge on any atom is 0.319 e. The van der Waals surface area contributed by atoms with Gasteiger partial charge in [-0.2, -0.15) is 9.97 Å². The van der Waals surface area contributed by atoms with E-state index < -0.39 is 17.2 Å². The highest BCUT2D eigenvalue weighted by atomic mass is 19.1.